The van der Waals surface area contributed by atoms with E-state index in [-0.39, 0.29) is 12.0 Å². The number of aliphatic hydroxyl groups is 1. The number of aliphatic hydroxyl groups excluding tert-OH is 1. The number of amides is 1. The van der Waals surface area contributed by atoms with E-state index >= 15 is 0 Å². The van der Waals surface area contributed by atoms with Crippen molar-refractivity contribution in [3.05, 3.63) is 0 Å². The van der Waals surface area contributed by atoms with Gasteiger partial charge in [-0.3, -0.25) is 4.79 Å². The Balaban J connectivity index is -0.00000103. The fourth-order valence-corrected chi connectivity index (χ4v) is 3.42. The highest BCUT2D eigenvalue weighted by Crippen LogP contribution is 2.15. The molecule has 29 heavy (non-hydrogen) atoms. The van der Waals surface area contributed by atoms with E-state index in [4.69, 9.17) is 0 Å². The standard InChI is InChI=1S/C20H39NO2.3C2H6/c1-2-3-4-5-6-7-8-9-10-11-12-13-14-15-20(23)21-17-16-19(22)18-21;3*1-2/h19,22H,2-18H2,1H3;3*1-2H3. The van der Waals surface area contributed by atoms with Gasteiger partial charge in [0.1, 0.15) is 0 Å². The van der Waals surface area contributed by atoms with Crippen LogP contribution in [0.5, 0.6) is 0 Å². The largest absolute Gasteiger partial charge is 0.391 e. The molecule has 1 atom stereocenters. The van der Waals surface area contributed by atoms with E-state index in [0.717, 1.165) is 19.4 Å². The number of carbonyl (C=O) groups excluding carboxylic acids is 1. The maximum atomic E-state index is 11.9. The molecule has 178 valence electrons. The minimum absolute atomic E-state index is 0.240. The van der Waals surface area contributed by atoms with Crippen LogP contribution in [-0.4, -0.2) is 35.1 Å². The lowest BCUT2D eigenvalue weighted by atomic mass is 10.0. The van der Waals surface area contributed by atoms with E-state index in [1.165, 1.54) is 77.0 Å². The fraction of sp³-hybridized carbons (Fsp3) is 0.962. The third-order valence-electron chi connectivity index (χ3n) is 5.01. The summed E-state index contributed by atoms with van der Waals surface area (Å²) >= 11 is 0. The quantitative estimate of drug-likeness (QED) is 0.291. The van der Waals surface area contributed by atoms with Crippen molar-refractivity contribution in [2.45, 2.75) is 151 Å². The van der Waals surface area contributed by atoms with Crippen molar-refractivity contribution >= 4 is 5.91 Å². The van der Waals surface area contributed by atoms with E-state index in [1.807, 2.05) is 46.4 Å². The van der Waals surface area contributed by atoms with E-state index in [1.54, 1.807) is 0 Å². The van der Waals surface area contributed by atoms with Crippen LogP contribution >= 0.6 is 0 Å². The molecule has 1 fully saturated rings. The van der Waals surface area contributed by atoms with Crippen LogP contribution in [0.1, 0.15) is 145 Å². The van der Waals surface area contributed by atoms with Gasteiger partial charge in [0.25, 0.3) is 0 Å². The summed E-state index contributed by atoms with van der Waals surface area (Å²) in [5, 5.41) is 9.44. The van der Waals surface area contributed by atoms with E-state index in [2.05, 4.69) is 6.92 Å². The molecular weight excluding hydrogens is 358 g/mol. The Morgan fingerprint density at radius 1 is 0.724 bits per heavy atom. The van der Waals surface area contributed by atoms with E-state index in [0.29, 0.717) is 13.0 Å². The lowest BCUT2D eigenvalue weighted by Gasteiger charge is -2.15. The summed E-state index contributed by atoms with van der Waals surface area (Å²) in [5.41, 5.74) is 0. The third kappa shape index (κ3) is 23.6. The minimum Gasteiger partial charge on any atom is -0.391 e. The van der Waals surface area contributed by atoms with Crippen molar-refractivity contribution in [1.29, 1.82) is 0 Å². The normalized spacial score (nSPS) is 14.8. The van der Waals surface area contributed by atoms with Gasteiger partial charge >= 0.3 is 0 Å². The molecule has 1 unspecified atom stereocenters. The minimum atomic E-state index is -0.286. The molecule has 1 N–H and O–H groups in total. The van der Waals surface area contributed by atoms with Gasteiger partial charge in [0.2, 0.25) is 5.91 Å². The molecule has 0 aromatic carbocycles. The van der Waals surface area contributed by atoms with Crippen LogP contribution in [0.2, 0.25) is 0 Å². The van der Waals surface area contributed by atoms with Gasteiger partial charge in [0.15, 0.2) is 0 Å². The lowest BCUT2D eigenvalue weighted by Crippen LogP contribution is -2.29. The van der Waals surface area contributed by atoms with Crippen LogP contribution in [-0.2, 0) is 4.79 Å². The molecule has 0 spiro atoms. The monoisotopic (exact) mass is 415 g/mol. The van der Waals surface area contributed by atoms with Gasteiger partial charge in [0.05, 0.1) is 6.10 Å². The van der Waals surface area contributed by atoms with Crippen LogP contribution in [0.4, 0.5) is 0 Å². The Bertz CT molecular complexity index is 294. The maximum absolute atomic E-state index is 11.9. The lowest BCUT2D eigenvalue weighted by molar-refractivity contribution is -0.130. The summed E-state index contributed by atoms with van der Waals surface area (Å²) in [7, 11) is 0. The Labute approximate surface area is 185 Å². The third-order valence-corrected chi connectivity index (χ3v) is 5.01. The molecule has 1 rings (SSSR count). The first-order valence-corrected chi connectivity index (χ1v) is 13.2. The Morgan fingerprint density at radius 3 is 1.45 bits per heavy atom. The second-order valence-corrected chi connectivity index (χ2v) is 7.27. The number of likely N-dealkylation sites (tertiary alicyclic amines) is 1. The van der Waals surface area contributed by atoms with Crippen molar-refractivity contribution in [3.63, 3.8) is 0 Å². The predicted molar refractivity (Wildman–Crippen MR) is 132 cm³/mol. The second kappa shape index (κ2) is 29.6. The highest BCUT2D eigenvalue weighted by molar-refractivity contribution is 5.76. The fourth-order valence-electron chi connectivity index (χ4n) is 3.42. The van der Waals surface area contributed by atoms with E-state index < -0.39 is 0 Å². The number of hydrogen-bond acceptors (Lipinski definition) is 2. The number of unbranched alkanes of at least 4 members (excludes halogenated alkanes) is 12. The predicted octanol–water partition coefficient (Wildman–Crippen LogP) is 8.14. The van der Waals surface area contributed by atoms with Crippen LogP contribution < -0.4 is 0 Å². The van der Waals surface area contributed by atoms with Crippen molar-refractivity contribution in [2.24, 2.45) is 0 Å². The Morgan fingerprint density at radius 2 is 1.10 bits per heavy atom. The number of nitrogens with zero attached hydrogens (tertiary/aromatic N) is 1. The molecule has 0 saturated carbocycles. The van der Waals surface area contributed by atoms with Crippen LogP contribution in [0.3, 0.4) is 0 Å². The molecule has 1 heterocycles. The highest BCUT2D eigenvalue weighted by Gasteiger charge is 2.23. The summed E-state index contributed by atoms with van der Waals surface area (Å²) in [6.07, 6.45) is 18.5. The SMILES string of the molecule is CC.CC.CC.CCCCCCCCCCCCCCCC(=O)N1CCC(O)C1. The smallest absolute Gasteiger partial charge is 0.222 e. The second-order valence-electron chi connectivity index (χ2n) is 7.27. The van der Waals surface area contributed by atoms with Crippen molar-refractivity contribution in [3.8, 4) is 0 Å². The molecule has 1 amide bonds. The number of hydrogen-bond donors (Lipinski definition) is 1. The average molecular weight is 416 g/mol. The van der Waals surface area contributed by atoms with Gasteiger partial charge in [-0.25, -0.2) is 0 Å². The molecule has 3 heteroatoms. The van der Waals surface area contributed by atoms with Gasteiger partial charge in [0, 0.05) is 19.5 Å². The molecule has 0 aromatic rings. The zero-order valence-electron chi connectivity index (χ0n) is 21.4. The van der Waals surface area contributed by atoms with Gasteiger partial charge < -0.3 is 10.0 Å². The Hall–Kier alpha value is -0.570. The van der Waals surface area contributed by atoms with Crippen molar-refractivity contribution in [1.82, 2.24) is 4.90 Å². The molecular formula is C26H57NO2. The van der Waals surface area contributed by atoms with Gasteiger partial charge in [-0.05, 0) is 12.8 Å². The summed E-state index contributed by atoms with van der Waals surface area (Å²) in [4.78, 5) is 13.7. The van der Waals surface area contributed by atoms with Gasteiger partial charge in [-0.2, -0.15) is 0 Å². The van der Waals surface area contributed by atoms with Gasteiger partial charge in [-0.15, -0.1) is 0 Å². The molecule has 0 aliphatic carbocycles. The summed E-state index contributed by atoms with van der Waals surface area (Å²) in [6.45, 7) is 15.6. The number of carbonyl (C=O) groups is 1. The molecule has 3 nitrogen and oxygen atoms in total. The summed E-state index contributed by atoms with van der Waals surface area (Å²) < 4.78 is 0. The van der Waals surface area contributed by atoms with E-state index in [9.17, 15) is 9.90 Å². The molecule has 0 radical (unpaired) electrons. The molecule has 1 aliphatic rings. The first-order valence-electron chi connectivity index (χ1n) is 13.2. The molecule has 0 aromatic heterocycles. The van der Waals surface area contributed by atoms with Crippen LogP contribution in [0, 0.1) is 0 Å². The molecule has 1 aliphatic heterocycles. The first-order chi connectivity index (χ1) is 14.2. The van der Waals surface area contributed by atoms with Crippen LogP contribution in [0.25, 0.3) is 0 Å². The number of β-amino-alcohol motifs (C(OH)–C–C–N with tert-alkyl or cyclic N) is 1. The summed E-state index contributed by atoms with van der Waals surface area (Å²) in [6, 6.07) is 0. The van der Waals surface area contributed by atoms with Crippen LogP contribution in [0.15, 0.2) is 0 Å². The topological polar surface area (TPSA) is 40.5 Å². The molecule has 1 saturated heterocycles. The maximum Gasteiger partial charge on any atom is 0.222 e. The number of rotatable bonds is 14. The van der Waals surface area contributed by atoms with Crippen molar-refractivity contribution in [2.75, 3.05) is 13.1 Å². The zero-order chi connectivity index (χ0) is 22.8. The molecule has 0 bridgehead atoms. The Kier molecular flexibility index (Phi) is 33.8. The zero-order valence-corrected chi connectivity index (χ0v) is 21.4. The highest BCUT2D eigenvalue weighted by atomic mass is 16.3. The van der Waals surface area contributed by atoms with Crippen molar-refractivity contribution < 1.29 is 9.90 Å². The first kappa shape index (κ1) is 33.1. The van der Waals surface area contributed by atoms with Gasteiger partial charge in [-0.1, -0.05) is 126 Å². The summed E-state index contributed by atoms with van der Waals surface area (Å²) in [5.74, 6) is 0.240. The average Bonchev–Trinajstić information content (AvgIpc) is 3.22.